The Morgan fingerprint density at radius 1 is 1.40 bits per heavy atom. The summed E-state index contributed by atoms with van der Waals surface area (Å²) in [5, 5.41) is 16.6. The van der Waals surface area contributed by atoms with Gasteiger partial charge in [-0.2, -0.15) is 0 Å². The minimum absolute atomic E-state index is 0.0280. The number of nitrogens with zero attached hydrogens (tertiary/aromatic N) is 3. The van der Waals surface area contributed by atoms with Gasteiger partial charge in [0.25, 0.3) is 0 Å². The molecule has 5 nitrogen and oxygen atoms in total. The van der Waals surface area contributed by atoms with E-state index in [-0.39, 0.29) is 16.6 Å². The van der Waals surface area contributed by atoms with Gasteiger partial charge < -0.3 is 5.11 Å². The second-order valence-electron chi connectivity index (χ2n) is 3.84. The van der Waals surface area contributed by atoms with Crippen molar-refractivity contribution in [2.75, 3.05) is 5.75 Å². The molecule has 0 aliphatic heterocycles. The SMILES string of the molecule is CCc1nnc(SCC(=O)O)n1-c1cccc(F)c1F. The third-order valence-corrected chi connectivity index (χ3v) is 3.43. The van der Waals surface area contributed by atoms with Crippen molar-refractivity contribution in [2.45, 2.75) is 18.5 Å². The van der Waals surface area contributed by atoms with Gasteiger partial charge in [0.1, 0.15) is 5.82 Å². The van der Waals surface area contributed by atoms with Gasteiger partial charge in [-0.25, -0.2) is 8.78 Å². The van der Waals surface area contributed by atoms with Crippen LogP contribution in [0.1, 0.15) is 12.7 Å². The molecule has 0 fully saturated rings. The molecule has 0 saturated carbocycles. The molecule has 0 bridgehead atoms. The number of thioether (sulfide) groups is 1. The van der Waals surface area contributed by atoms with Crippen molar-refractivity contribution >= 4 is 17.7 Å². The fourth-order valence-corrected chi connectivity index (χ4v) is 2.34. The number of halogens is 2. The van der Waals surface area contributed by atoms with Gasteiger partial charge >= 0.3 is 5.97 Å². The number of carboxylic acids is 1. The van der Waals surface area contributed by atoms with Crippen molar-refractivity contribution in [3.05, 3.63) is 35.7 Å². The average Bonchev–Trinajstić information content (AvgIpc) is 2.82. The number of aryl methyl sites for hydroxylation is 1. The molecule has 0 atom stereocenters. The molecule has 1 aromatic heterocycles. The quantitative estimate of drug-likeness (QED) is 0.858. The zero-order valence-corrected chi connectivity index (χ0v) is 11.3. The Balaban J connectivity index is 2.50. The number of aliphatic carboxylic acids is 1. The Hall–Kier alpha value is -1.96. The molecule has 0 spiro atoms. The Labute approximate surface area is 117 Å². The maximum atomic E-state index is 13.9. The fraction of sp³-hybridized carbons (Fsp3) is 0.250. The topological polar surface area (TPSA) is 68.0 Å². The van der Waals surface area contributed by atoms with Crippen LogP contribution in [0.4, 0.5) is 8.78 Å². The number of carboxylic acid groups (broad SMARTS) is 1. The fourth-order valence-electron chi connectivity index (χ4n) is 1.66. The van der Waals surface area contributed by atoms with E-state index < -0.39 is 17.6 Å². The Morgan fingerprint density at radius 3 is 2.80 bits per heavy atom. The monoisotopic (exact) mass is 299 g/mol. The second-order valence-corrected chi connectivity index (χ2v) is 4.79. The second kappa shape index (κ2) is 6.00. The van der Waals surface area contributed by atoms with E-state index in [0.29, 0.717) is 12.2 Å². The molecule has 0 unspecified atom stereocenters. The third kappa shape index (κ3) is 2.79. The summed E-state index contributed by atoms with van der Waals surface area (Å²) >= 11 is 0.901. The molecule has 106 valence electrons. The smallest absolute Gasteiger partial charge is 0.313 e. The van der Waals surface area contributed by atoms with Crippen molar-refractivity contribution in [1.82, 2.24) is 14.8 Å². The van der Waals surface area contributed by atoms with E-state index in [2.05, 4.69) is 10.2 Å². The molecule has 1 aromatic carbocycles. The van der Waals surface area contributed by atoms with Gasteiger partial charge in [-0.1, -0.05) is 24.8 Å². The van der Waals surface area contributed by atoms with E-state index >= 15 is 0 Å². The normalized spacial score (nSPS) is 10.8. The third-order valence-electron chi connectivity index (χ3n) is 2.51. The first-order chi connectivity index (χ1) is 9.54. The van der Waals surface area contributed by atoms with Crippen LogP contribution in [-0.4, -0.2) is 31.6 Å². The van der Waals surface area contributed by atoms with Gasteiger partial charge in [0.2, 0.25) is 0 Å². The van der Waals surface area contributed by atoms with Crippen molar-refractivity contribution in [2.24, 2.45) is 0 Å². The highest BCUT2D eigenvalue weighted by Gasteiger charge is 2.18. The molecule has 8 heteroatoms. The van der Waals surface area contributed by atoms with Crippen LogP contribution in [0.15, 0.2) is 23.4 Å². The number of carbonyl (C=O) groups is 1. The predicted molar refractivity (Wildman–Crippen MR) is 69.0 cm³/mol. The molecular weight excluding hydrogens is 288 g/mol. The zero-order chi connectivity index (χ0) is 14.7. The van der Waals surface area contributed by atoms with Crippen molar-refractivity contribution < 1.29 is 18.7 Å². The largest absolute Gasteiger partial charge is 0.481 e. The lowest BCUT2D eigenvalue weighted by molar-refractivity contribution is -0.133. The van der Waals surface area contributed by atoms with Gasteiger partial charge in [-0.05, 0) is 12.1 Å². The van der Waals surface area contributed by atoms with Gasteiger partial charge in [0.05, 0.1) is 11.4 Å². The number of aromatic nitrogens is 3. The summed E-state index contributed by atoms with van der Waals surface area (Å²) in [6.45, 7) is 1.79. The summed E-state index contributed by atoms with van der Waals surface area (Å²) in [6, 6.07) is 3.78. The van der Waals surface area contributed by atoms with E-state index in [4.69, 9.17) is 5.11 Å². The maximum Gasteiger partial charge on any atom is 0.313 e. The van der Waals surface area contributed by atoms with Crippen LogP contribution in [-0.2, 0) is 11.2 Å². The minimum Gasteiger partial charge on any atom is -0.481 e. The van der Waals surface area contributed by atoms with Crippen LogP contribution in [0.25, 0.3) is 5.69 Å². The molecule has 2 rings (SSSR count). The van der Waals surface area contributed by atoms with E-state index in [1.54, 1.807) is 6.92 Å². The molecule has 2 aromatic rings. The molecule has 0 aliphatic rings. The number of hydrogen-bond acceptors (Lipinski definition) is 4. The first-order valence-corrected chi connectivity index (χ1v) is 6.76. The van der Waals surface area contributed by atoms with E-state index in [9.17, 15) is 13.6 Å². The zero-order valence-electron chi connectivity index (χ0n) is 10.5. The minimum atomic E-state index is -1.03. The van der Waals surface area contributed by atoms with Crippen molar-refractivity contribution in [3.8, 4) is 5.69 Å². The lowest BCUT2D eigenvalue weighted by atomic mass is 10.3. The summed E-state index contributed by atoms with van der Waals surface area (Å²) < 4.78 is 28.5. The van der Waals surface area contributed by atoms with Gasteiger partial charge in [0, 0.05) is 6.42 Å². The highest BCUT2D eigenvalue weighted by molar-refractivity contribution is 7.99. The Bertz CT molecular complexity index is 646. The predicted octanol–water partition coefficient (Wildman–Crippen LogP) is 2.28. The standard InChI is InChI=1S/C12H11F2N3O2S/c1-2-9-15-16-12(20-6-10(18)19)17(9)8-5-3-4-7(13)11(8)14/h3-5H,2,6H2,1H3,(H,18,19). The average molecular weight is 299 g/mol. The molecule has 0 aliphatic carbocycles. The molecule has 20 heavy (non-hydrogen) atoms. The van der Waals surface area contributed by atoms with Crippen LogP contribution >= 0.6 is 11.8 Å². The van der Waals surface area contributed by atoms with Gasteiger partial charge in [-0.3, -0.25) is 9.36 Å². The highest BCUT2D eigenvalue weighted by Crippen LogP contribution is 2.25. The molecule has 1 heterocycles. The lowest BCUT2D eigenvalue weighted by Gasteiger charge is -2.10. The van der Waals surface area contributed by atoms with Crippen LogP contribution in [0.5, 0.6) is 0 Å². The van der Waals surface area contributed by atoms with Crippen LogP contribution < -0.4 is 0 Å². The van der Waals surface area contributed by atoms with Crippen molar-refractivity contribution in [3.63, 3.8) is 0 Å². The van der Waals surface area contributed by atoms with E-state index in [1.807, 2.05) is 0 Å². The van der Waals surface area contributed by atoms with Crippen LogP contribution in [0, 0.1) is 11.6 Å². The molecule has 0 radical (unpaired) electrons. The summed E-state index contributed by atoms with van der Waals surface area (Å²) in [7, 11) is 0. The number of benzene rings is 1. The lowest BCUT2D eigenvalue weighted by Crippen LogP contribution is -2.07. The van der Waals surface area contributed by atoms with Crippen LogP contribution in [0.2, 0.25) is 0 Å². The summed E-state index contributed by atoms with van der Waals surface area (Å²) in [5.41, 5.74) is -0.0280. The molecule has 1 N–H and O–H groups in total. The first-order valence-electron chi connectivity index (χ1n) is 5.77. The summed E-state index contributed by atoms with van der Waals surface area (Å²) in [5.74, 6) is -2.82. The molecular formula is C12H11F2N3O2S. The van der Waals surface area contributed by atoms with Gasteiger partial charge in [-0.15, -0.1) is 10.2 Å². The van der Waals surface area contributed by atoms with Gasteiger partial charge in [0.15, 0.2) is 16.8 Å². The number of rotatable bonds is 5. The Kier molecular flexibility index (Phi) is 4.33. The molecule has 0 saturated heterocycles. The first kappa shape index (κ1) is 14.4. The summed E-state index contributed by atoms with van der Waals surface area (Å²) in [4.78, 5) is 10.6. The van der Waals surface area contributed by atoms with E-state index in [1.165, 1.54) is 16.7 Å². The van der Waals surface area contributed by atoms with E-state index in [0.717, 1.165) is 17.8 Å². The number of hydrogen-bond donors (Lipinski definition) is 1. The van der Waals surface area contributed by atoms with Crippen molar-refractivity contribution in [1.29, 1.82) is 0 Å². The molecule has 0 amide bonds. The van der Waals surface area contributed by atoms with Crippen LogP contribution in [0.3, 0.4) is 0 Å². The Morgan fingerprint density at radius 2 is 2.15 bits per heavy atom. The summed E-state index contributed by atoms with van der Waals surface area (Å²) in [6.07, 6.45) is 0.455. The highest BCUT2D eigenvalue weighted by atomic mass is 32.2. The maximum absolute atomic E-state index is 13.9.